The van der Waals surface area contributed by atoms with Crippen LogP contribution in [0.4, 0.5) is 0 Å². The van der Waals surface area contributed by atoms with Crippen molar-refractivity contribution in [3.8, 4) is 0 Å². The number of carbonyl (C=O) groups is 1. The molecule has 3 aromatic carbocycles. The number of fused-ring (bicyclic) bond motifs is 3. The molecule has 0 saturated carbocycles. The minimum Gasteiger partial charge on any atom is -0.254 e. The summed E-state index contributed by atoms with van der Waals surface area (Å²) in [6.07, 6.45) is 3.60. The molecule has 5 rings (SSSR count). The van der Waals surface area contributed by atoms with Crippen LogP contribution in [0.25, 0.3) is 21.8 Å². The van der Waals surface area contributed by atoms with E-state index >= 15 is 0 Å². The van der Waals surface area contributed by atoms with E-state index in [9.17, 15) is 9.90 Å². The summed E-state index contributed by atoms with van der Waals surface area (Å²) < 4.78 is 15.0. The molecule has 1 N–H and O–H groups in total. The van der Waals surface area contributed by atoms with E-state index in [1.807, 2.05) is 72.8 Å². The number of hydrogen-bond acceptors (Lipinski definition) is 3. The Labute approximate surface area is 243 Å². The molecule has 0 aliphatic carbocycles. The second-order valence-electron chi connectivity index (χ2n) is 8.54. The van der Waals surface area contributed by atoms with Gasteiger partial charge in [0.15, 0.2) is 0 Å². The fourth-order valence-corrected chi connectivity index (χ4v) is 3.45. The van der Waals surface area contributed by atoms with Gasteiger partial charge in [0.25, 0.3) is 0 Å². The van der Waals surface area contributed by atoms with Crippen molar-refractivity contribution < 1.29 is 40.3 Å². The van der Waals surface area contributed by atoms with Crippen molar-refractivity contribution in [1.82, 2.24) is 9.97 Å². The summed E-state index contributed by atoms with van der Waals surface area (Å²) in [5.74, 6) is -0.570. The van der Waals surface area contributed by atoms with Crippen LogP contribution in [-0.4, -0.2) is 21.0 Å². The Morgan fingerprint density at radius 2 is 0.974 bits per heavy atom. The van der Waals surface area contributed by atoms with Gasteiger partial charge in [-0.25, -0.2) is 0 Å². The standard InChI is InChI=1S/C14H12O2.C12H8N2.C4H10.2CO.Mo/c15-14(16)13(11-7-3-1-4-8-11)12-9-5-2-6-10-12;1-3-9-5-6-10-4-2-8-14-12(10)11(9)13-7-1;1-4(2)3;2*1-2;/h1-10,13H,(H,15,16);1-8H;4H,1-3H3;;;. The molecule has 39 heavy (non-hydrogen) atoms. The monoisotopic (exact) mass is 604 g/mol. The van der Waals surface area contributed by atoms with E-state index in [1.165, 1.54) is 0 Å². The first kappa shape index (κ1) is 35.1. The predicted molar refractivity (Wildman–Crippen MR) is 148 cm³/mol. The number of hydrogen-bond donors (Lipinski definition) is 1. The third-order valence-electron chi connectivity index (χ3n) is 4.86. The molecule has 198 valence electrons. The number of pyridine rings is 2. The second kappa shape index (κ2) is 20.1. The molecule has 0 spiro atoms. The van der Waals surface area contributed by atoms with E-state index in [1.54, 1.807) is 12.4 Å². The predicted octanol–water partition coefficient (Wildman–Crippen LogP) is 7.27. The van der Waals surface area contributed by atoms with Crippen molar-refractivity contribution >= 4 is 27.8 Å². The van der Waals surface area contributed by atoms with Gasteiger partial charge in [0.05, 0.1) is 11.0 Å². The molecular weight excluding hydrogens is 572 g/mol. The molecule has 6 nitrogen and oxygen atoms in total. The van der Waals surface area contributed by atoms with Crippen LogP contribution in [0.1, 0.15) is 37.8 Å². The Balaban J connectivity index is 0.000000577. The van der Waals surface area contributed by atoms with E-state index in [4.69, 9.17) is 9.30 Å². The number of nitrogens with zero attached hydrogens (tertiary/aromatic N) is 2. The van der Waals surface area contributed by atoms with E-state index < -0.39 is 11.9 Å². The Hall–Kier alpha value is -3.88. The minimum atomic E-state index is -0.822. The van der Waals surface area contributed by atoms with E-state index in [-0.39, 0.29) is 21.1 Å². The number of benzene rings is 3. The fraction of sp³-hybridized carbons (Fsp3) is 0.156. The maximum atomic E-state index is 11.3. The number of carboxylic acids is 1. The Morgan fingerprint density at radius 3 is 1.28 bits per heavy atom. The Morgan fingerprint density at radius 1 is 0.641 bits per heavy atom. The molecule has 0 amide bonds. The zero-order valence-corrected chi connectivity index (χ0v) is 24.0. The van der Waals surface area contributed by atoms with Crippen LogP contribution in [0.5, 0.6) is 0 Å². The molecule has 0 saturated heterocycles. The van der Waals surface area contributed by atoms with Crippen molar-refractivity contribution in [3.63, 3.8) is 0 Å². The molecule has 0 aliphatic heterocycles. The molecule has 2 aromatic heterocycles. The summed E-state index contributed by atoms with van der Waals surface area (Å²) in [6, 6.07) is 30.7. The van der Waals surface area contributed by atoms with Crippen molar-refractivity contribution in [2.24, 2.45) is 5.92 Å². The first-order chi connectivity index (χ1) is 18.5. The van der Waals surface area contributed by atoms with E-state index in [0.29, 0.717) is 0 Å². The van der Waals surface area contributed by atoms with E-state index in [2.05, 4.69) is 68.3 Å². The third-order valence-corrected chi connectivity index (χ3v) is 4.86. The quantitative estimate of drug-likeness (QED) is 0.102. The smallest absolute Gasteiger partial charge is 0.0964 e. The molecule has 0 radical (unpaired) electrons. The van der Waals surface area contributed by atoms with Crippen LogP contribution in [0.3, 0.4) is 0 Å². The van der Waals surface area contributed by atoms with Gasteiger partial charge in [-0.2, -0.15) is 0 Å². The van der Waals surface area contributed by atoms with Crippen LogP contribution in [-0.2, 0) is 35.2 Å². The second-order valence-corrected chi connectivity index (χ2v) is 8.54. The van der Waals surface area contributed by atoms with Crippen LogP contribution < -0.4 is 0 Å². The number of aliphatic carboxylic acids is 1. The number of carboxylic acid groups (broad SMARTS) is 1. The van der Waals surface area contributed by atoms with Gasteiger partial charge in [-0.3, -0.25) is 14.8 Å². The summed E-state index contributed by atoms with van der Waals surface area (Å²) in [4.78, 5) is 20.0. The maximum Gasteiger partial charge on any atom is 0.0964 e. The van der Waals surface area contributed by atoms with Crippen molar-refractivity contribution in [2.45, 2.75) is 26.7 Å². The first-order valence-corrected chi connectivity index (χ1v) is 11.8. The van der Waals surface area contributed by atoms with Crippen molar-refractivity contribution in [3.05, 3.63) is 134 Å². The van der Waals surface area contributed by atoms with Gasteiger partial charge in [-0.1, -0.05) is 106 Å². The molecule has 5 aromatic rings. The normalized spacial score (nSPS) is 9.15. The fourth-order valence-electron chi connectivity index (χ4n) is 3.45. The van der Waals surface area contributed by atoms with Gasteiger partial charge in [-0.15, -0.1) is 0 Å². The molecular formula is C32H30MoN2O4. The Kier molecular flexibility index (Phi) is 18.1. The van der Waals surface area contributed by atoms with Crippen LogP contribution in [0.15, 0.2) is 109 Å². The van der Waals surface area contributed by atoms with Gasteiger partial charge in [0, 0.05) is 44.2 Å². The van der Waals surface area contributed by atoms with Gasteiger partial charge < -0.3 is 5.11 Å². The topological polar surface area (TPSA) is 103 Å². The SMILES string of the molecule is CC(C)C.O=C(O)C(c1ccccc1)c1ccccc1.[C-]#[O+].[C-]#[O+].[Mo].c1cnc2c(c1)ccc1cccnc12. The number of rotatable bonds is 3. The van der Waals surface area contributed by atoms with Gasteiger partial charge in [0.2, 0.25) is 0 Å². The largest absolute Gasteiger partial charge is 0.254 e. The van der Waals surface area contributed by atoms with Gasteiger partial charge >= 0.3 is 28.6 Å². The average Bonchev–Trinajstić information content (AvgIpc) is 2.96. The number of aromatic nitrogens is 2. The maximum absolute atomic E-state index is 11.3. The summed E-state index contributed by atoms with van der Waals surface area (Å²) in [6.45, 7) is 15.5. The summed E-state index contributed by atoms with van der Waals surface area (Å²) in [5, 5.41) is 11.6. The average molecular weight is 603 g/mol. The summed E-state index contributed by atoms with van der Waals surface area (Å²) in [5.41, 5.74) is 3.57. The van der Waals surface area contributed by atoms with Gasteiger partial charge in [0.1, 0.15) is 5.92 Å². The van der Waals surface area contributed by atoms with Crippen LogP contribution >= 0.6 is 0 Å². The summed E-state index contributed by atoms with van der Waals surface area (Å²) >= 11 is 0. The van der Waals surface area contributed by atoms with Crippen LogP contribution in [0, 0.1) is 19.2 Å². The van der Waals surface area contributed by atoms with Crippen molar-refractivity contribution in [1.29, 1.82) is 0 Å². The zero-order valence-electron chi connectivity index (χ0n) is 22.0. The van der Waals surface area contributed by atoms with E-state index in [0.717, 1.165) is 38.9 Å². The zero-order chi connectivity index (χ0) is 28.3. The third kappa shape index (κ3) is 11.6. The van der Waals surface area contributed by atoms with Crippen LogP contribution in [0.2, 0.25) is 0 Å². The first-order valence-electron chi connectivity index (χ1n) is 11.8. The molecule has 0 aliphatic rings. The molecule has 0 fully saturated rings. The molecule has 0 atom stereocenters. The van der Waals surface area contributed by atoms with Gasteiger partial charge in [-0.05, 0) is 29.2 Å². The van der Waals surface area contributed by atoms with Crippen molar-refractivity contribution in [2.75, 3.05) is 0 Å². The summed E-state index contributed by atoms with van der Waals surface area (Å²) in [7, 11) is 0. The molecule has 0 bridgehead atoms. The Bertz CT molecular complexity index is 1320. The minimum absolute atomic E-state index is 0. The molecule has 2 heterocycles. The molecule has 7 heteroatoms. The molecule has 0 unspecified atom stereocenters.